The number of rotatable bonds is 7. The summed E-state index contributed by atoms with van der Waals surface area (Å²) in [5, 5.41) is 7.25. The van der Waals surface area contributed by atoms with Crippen LogP contribution in [0.3, 0.4) is 0 Å². The number of hydrogen-bond acceptors (Lipinski definition) is 3. The van der Waals surface area contributed by atoms with Crippen molar-refractivity contribution >= 4 is 11.7 Å². The summed E-state index contributed by atoms with van der Waals surface area (Å²) < 4.78 is 33.0. The molecule has 1 aliphatic heterocycles. The van der Waals surface area contributed by atoms with E-state index in [0.29, 0.717) is 18.7 Å². The van der Waals surface area contributed by atoms with E-state index < -0.39 is 17.7 Å². The van der Waals surface area contributed by atoms with E-state index >= 15 is 8.78 Å². The van der Waals surface area contributed by atoms with Gasteiger partial charge in [-0.15, -0.1) is 0 Å². The molecule has 0 fully saturated rings. The summed E-state index contributed by atoms with van der Waals surface area (Å²) in [6.45, 7) is 12.0. The van der Waals surface area contributed by atoms with E-state index in [1.165, 1.54) is 11.1 Å². The zero-order valence-electron chi connectivity index (χ0n) is 24.3. The SMILES string of the molecule is CCc1cccc(CC)c1-n1nc2c(c1-c1cc(F)c(NC(N)=O)cc1F)CN(C(C)(C)c1ccccc1C)CC2. The van der Waals surface area contributed by atoms with E-state index in [1.807, 2.05) is 16.8 Å². The number of fused-ring (bicyclic) bond motifs is 1. The third kappa shape index (κ3) is 5.12. The topological polar surface area (TPSA) is 76.2 Å². The Balaban J connectivity index is 1.74. The Kier molecular flexibility index (Phi) is 7.70. The van der Waals surface area contributed by atoms with Gasteiger partial charge in [-0.05, 0) is 61.9 Å². The predicted octanol–water partition coefficient (Wildman–Crippen LogP) is 7.03. The standard InChI is InChI=1S/C33H37F2N5O/c1-6-21-12-10-13-22(7-2)30(21)40-31(23-17-27(35)29(18-26(23)34)37-32(36)41)24-19-39(16-15-28(24)38-40)33(4,5)25-14-9-8-11-20(25)3/h8-14,17-18H,6-7,15-16,19H2,1-5H3,(H3,36,37,41). The number of carbonyl (C=O) groups excluding carboxylic acids is 1. The molecular weight excluding hydrogens is 520 g/mol. The van der Waals surface area contributed by atoms with Gasteiger partial charge in [-0.2, -0.15) is 5.10 Å². The number of nitrogens with zero attached hydrogens (tertiary/aromatic N) is 3. The average molecular weight is 558 g/mol. The summed E-state index contributed by atoms with van der Waals surface area (Å²) in [5.74, 6) is -1.43. The molecule has 0 saturated heterocycles. The highest BCUT2D eigenvalue weighted by Gasteiger charge is 2.36. The largest absolute Gasteiger partial charge is 0.351 e. The van der Waals surface area contributed by atoms with Gasteiger partial charge < -0.3 is 11.1 Å². The summed E-state index contributed by atoms with van der Waals surface area (Å²) in [7, 11) is 0. The number of para-hydroxylation sites is 1. The van der Waals surface area contributed by atoms with E-state index in [1.54, 1.807) is 0 Å². The van der Waals surface area contributed by atoms with Crippen LogP contribution < -0.4 is 11.1 Å². The fourth-order valence-electron chi connectivity index (χ4n) is 6.16. The van der Waals surface area contributed by atoms with Crippen LogP contribution in [0.4, 0.5) is 19.3 Å². The number of amides is 2. The minimum absolute atomic E-state index is 0.0924. The first-order chi connectivity index (χ1) is 19.6. The summed E-state index contributed by atoms with van der Waals surface area (Å²) in [6, 6.07) is 15.7. The molecule has 5 rings (SSSR count). The second kappa shape index (κ2) is 11.1. The van der Waals surface area contributed by atoms with Gasteiger partial charge in [0.25, 0.3) is 0 Å². The molecule has 2 heterocycles. The van der Waals surface area contributed by atoms with Crippen LogP contribution in [-0.4, -0.2) is 27.3 Å². The summed E-state index contributed by atoms with van der Waals surface area (Å²) in [4.78, 5) is 13.8. The lowest BCUT2D eigenvalue weighted by atomic mass is 9.86. The summed E-state index contributed by atoms with van der Waals surface area (Å²) >= 11 is 0. The minimum Gasteiger partial charge on any atom is -0.351 e. The lowest BCUT2D eigenvalue weighted by Gasteiger charge is -2.42. The van der Waals surface area contributed by atoms with Crippen LogP contribution in [0.15, 0.2) is 54.6 Å². The van der Waals surface area contributed by atoms with Crippen LogP contribution in [0, 0.1) is 18.6 Å². The van der Waals surface area contributed by atoms with Crippen molar-refractivity contribution in [2.75, 3.05) is 11.9 Å². The van der Waals surface area contributed by atoms with Crippen LogP contribution in [0.1, 0.15) is 61.2 Å². The van der Waals surface area contributed by atoms with Crippen LogP contribution in [0.2, 0.25) is 0 Å². The number of hydrogen-bond donors (Lipinski definition) is 2. The van der Waals surface area contributed by atoms with E-state index in [4.69, 9.17) is 10.8 Å². The van der Waals surface area contributed by atoms with Gasteiger partial charge in [0.15, 0.2) is 0 Å². The second-order valence-electron chi connectivity index (χ2n) is 11.2. The number of anilines is 1. The Hall–Kier alpha value is -4.04. The van der Waals surface area contributed by atoms with Gasteiger partial charge in [-0.3, -0.25) is 4.90 Å². The Labute approximate surface area is 240 Å². The van der Waals surface area contributed by atoms with Crippen molar-refractivity contribution in [1.82, 2.24) is 14.7 Å². The molecule has 8 heteroatoms. The maximum Gasteiger partial charge on any atom is 0.316 e. The first-order valence-electron chi connectivity index (χ1n) is 14.2. The molecule has 0 unspecified atom stereocenters. The zero-order chi connectivity index (χ0) is 29.5. The molecule has 0 atom stereocenters. The minimum atomic E-state index is -0.961. The molecule has 1 aliphatic rings. The van der Waals surface area contributed by atoms with E-state index in [9.17, 15) is 4.79 Å². The normalized spacial score (nSPS) is 13.7. The van der Waals surface area contributed by atoms with Crippen molar-refractivity contribution < 1.29 is 13.6 Å². The number of aryl methyl sites for hydroxylation is 3. The molecule has 0 aliphatic carbocycles. The molecule has 0 spiro atoms. The van der Waals surface area contributed by atoms with Crippen LogP contribution in [0.25, 0.3) is 16.9 Å². The summed E-state index contributed by atoms with van der Waals surface area (Å²) in [5.41, 5.74) is 12.4. The van der Waals surface area contributed by atoms with E-state index in [-0.39, 0.29) is 16.8 Å². The van der Waals surface area contributed by atoms with E-state index in [0.717, 1.165) is 59.6 Å². The van der Waals surface area contributed by atoms with E-state index in [2.05, 4.69) is 75.2 Å². The van der Waals surface area contributed by atoms with Gasteiger partial charge in [-0.25, -0.2) is 18.3 Å². The van der Waals surface area contributed by atoms with Crippen molar-refractivity contribution in [3.63, 3.8) is 0 Å². The van der Waals surface area contributed by atoms with Crippen molar-refractivity contribution in [3.8, 4) is 16.9 Å². The van der Waals surface area contributed by atoms with Crippen molar-refractivity contribution in [3.05, 3.63) is 99.7 Å². The van der Waals surface area contributed by atoms with Crippen LogP contribution in [0.5, 0.6) is 0 Å². The third-order valence-electron chi connectivity index (χ3n) is 8.38. The summed E-state index contributed by atoms with van der Waals surface area (Å²) in [6.07, 6.45) is 2.20. The lowest BCUT2D eigenvalue weighted by molar-refractivity contribution is 0.102. The highest BCUT2D eigenvalue weighted by molar-refractivity contribution is 5.88. The molecule has 2 amide bonds. The Bertz CT molecular complexity index is 1600. The van der Waals surface area contributed by atoms with Gasteiger partial charge in [-0.1, -0.05) is 56.3 Å². The second-order valence-corrected chi connectivity index (χ2v) is 11.2. The van der Waals surface area contributed by atoms with Crippen LogP contribution >= 0.6 is 0 Å². The number of nitrogens with one attached hydrogen (secondary N) is 1. The molecule has 0 saturated carbocycles. The number of nitrogens with two attached hydrogens (primary N) is 1. The highest BCUT2D eigenvalue weighted by atomic mass is 19.1. The number of primary amides is 1. The van der Waals surface area contributed by atoms with Gasteiger partial charge in [0.2, 0.25) is 0 Å². The fraction of sp³-hybridized carbons (Fsp3) is 0.333. The lowest BCUT2D eigenvalue weighted by Crippen LogP contribution is -2.44. The van der Waals surface area contributed by atoms with Gasteiger partial charge in [0.05, 0.1) is 22.8 Å². The maximum absolute atomic E-state index is 15.9. The molecule has 0 bridgehead atoms. The Morgan fingerprint density at radius 1 is 1.02 bits per heavy atom. The van der Waals surface area contributed by atoms with Gasteiger partial charge in [0.1, 0.15) is 11.6 Å². The fourth-order valence-corrected chi connectivity index (χ4v) is 6.16. The average Bonchev–Trinajstić information content (AvgIpc) is 3.32. The Morgan fingerprint density at radius 3 is 2.34 bits per heavy atom. The maximum atomic E-state index is 15.9. The number of urea groups is 1. The molecule has 41 heavy (non-hydrogen) atoms. The first kappa shape index (κ1) is 28.5. The van der Waals surface area contributed by atoms with Crippen molar-refractivity contribution in [2.45, 2.75) is 66.0 Å². The van der Waals surface area contributed by atoms with Crippen molar-refractivity contribution in [1.29, 1.82) is 0 Å². The number of aromatic nitrogens is 2. The first-order valence-corrected chi connectivity index (χ1v) is 14.2. The quantitative estimate of drug-likeness (QED) is 0.256. The molecule has 3 aromatic carbocycles. The van der Waals surface area contributed by atoms with Crippen molar-refractivity contribution in [2.24, 2.45) is 5.73 Å². The molecular formula is C33H37F2N5O. The monoisotopic (exact) mass is 557 g/mol. The molecule has 0 radical (unpaired) electrons. The molecule has 3 N–H and O–H groups in total. The van der Waals surface area contributed by atoms with Gasteiger partial charge in [0, 0.05) is 42.2 Å². The highest BCUT2D eigenvalue weighted by Crippen LogP contribution is 2.41. The third-order valence-corrected chi connectivity index (χ3v) is 8.38. The number of halogens is 2. The van der Waals surface area contributed by atoms with Crippen LogP contribution in [-0.2, 0) is 31.3 Å². The molecule has 214 valence electrons. The molecule has 4 aromatic rings. The molecule has 6 nitrogen and oxygen atoms in total. The Morgan fingerprint density at radius 2 is 1.71 bits per heavy atom. The number of benzene rings is 3. The number of carbonyl (C=O) groups is 1. The molecule has 1 aromatic heterocycles. The van der Waals surface area contributed by atoms with Gasteiger partial charge >= 0.3 is 6.03 Å². The zero-order valence-corrected chi connectivity index (χ0v) is 24.3. The smallest absolute Gasteiger partial charge is 0.316 e. The predicted molar refractivity (Wildman–Crippen MR) is 159 cm³/mol.